The van der Waals surface area contributed by atoms with Crippen LogP contribution in [0.5, 0.6) is 0 Å². The molecule has 0 saturated carbocycles. The predicted molar refractivity (Wildman–Crippen MR) is 242 cm³/mol. The van der Waals surface area contributed by atoms with E-state index in [9.17, 15) is 0 Å². The van der Waals surface area contributed by atoms with Crippen molar-refractivity contribution in [2.24, 2.45) is 0 Å². The highest BCUT2D eigenvalue weighted by molar-refractivity contribution is 7.23. The lowest BCUT2D eigenvalue weighted by Gasteiger charge is -1.99. The highest BCUT2D eigenvalue weighted by atomic mass is 32.1. The molecule has 0 saturated heterocycles. The summed E-state index contributed by atoms with van der Waals surface area (Å²) in [6.07, 6.45) is 0. The number of thiophene rings is 2. The Bertz CT molecular complexity index is 2870. The minimum atomic E-state index is 0.778. The molecule has 0 amide bonds. The van der Waals surface area contributed by atoms with E-state index in [-0.39, 0.29) is 0 Å². The normalized spacial score (nSPS) is 9.59. The highest BCUT2D eigenvalue weighted by Crippen LogP contribution is 2.44. The van der Waals surface area contributed by atoms with Gasteiger partial charge in [-0.15, -0.1) is 22.7 Å². The molecule has 0 bridgehead atoms. The van der Waals surface area contributed by atoms with Crippen LogP contribution in [0.25, 0.3) is 9.75 Å². The van der Waals surface area contributed by atoms with Crippen molar-refractivity contribution in [2.75, 3.05) is 0 Å². The predicted octanol–water partition coefficient (Wildman–Crippen LogP) is 11.9. The first kappa shape index (κ1) is 37.0. The minimum absolute atomic E-state index is 0.778. The van der Waals surface area contributed by atoms with Crippen molar-refractivity contribution in [2.45, 2.75) is 0 Å². The second-order valence-electron chi connectivity index (χ2n) is 12.7. The fourth-order valence-corrected chi connectivity index (χ4v) is 8.03. The van der Waals surface area contributed by atoms with Crippen LogP contribution in [0.4, 0.5) is 0 Å². The van der Waals surface area contributed by atoms with Crippen LogP contribution >= 0.6 is 22.7 Å². The first-order valence-electron chi connectivity index (χ1n) is 18.5. The van der Waals surface area contributed by atoms with Gasteiger partial charge in [0.05, 0.1) is 41.8 Å². The monoisotopic (exact) mass is 766 g/mol. The molecular formula is C56H30S2. The molecule has 6 aromatic carbocycles. The van der Waals surface area contributed by atoms with Crippen molar-refractivity contribution in [3.8, 4) is 80.8 Å². The van der Waals surface area contributed by atoms with Crippen LogP contribution in [-0.2, 0) is 0 Å². The summed E-state index contributed by atoms with van der Waals surface area (Å²) < 4.78 is 0. The van der Waals surface area contributed by atoms with Crippen molar-refractivity contribution in [1.29, 1.82) is 0 Å². The Morgan fingerprint density at radius 1 is 0.207 bits per heavy atom. The maximum atomic E-state index is 3.57. The number of benzene rings is 6. The molecule has 0 nitrogen and oxygen atoms in total. The Morgan fingerprint density at radius 2 is 0.414 bits per heavy atom. The standard InChI is InChI=1S/C56H30S2/c1-7-19-43(20-8-1)31-37-49-51(39-33-45-23-11-3-12-24-45)55(57-53(49)41-35-47-27-15-5-16-28-47)56-52(40-34-46-25-13-4-14-26-46)50(38-32-44-21-9-2-10-22-44)54(58-56)42-36-48-29-17-6-18-30-48/h1-30H. The van der Waals surface area contributed by atoms with Crippen LogP contribution in [-0.4, -0.2) is 0 Å². The summed E-state index contributed by atoms with van der Waals surface area (Å²) >= 11 is 3.17. The Kier molecular flexibility index (Phi) is 11.9. The summed E-state index contributed by atoms with van der Waals surface area (Å²) in [5.41, 5.74) is 8.59. The van der Waals surface area contributed by atoms with Gasteiger partial charge in [-0.3, -0.25) is 0 Å². The maximum Gasteiger partial charge on any atom is 0.0948 e. The first-order chi connectivity index (χ1) is 28.8. The zero-order chi connectivity index (χ0) is 39.2. The number of hydrogen-bond donors (Lipinski definition) is 0. The largest absolute Gasteiger partial charge is 0.123 e. The lowest BCUT2D eigenvalue weighted by molar-refractivity contribution is 1.62. The van der Waals surface area contributed by atoms with Crippen molar-refractivity contribution < 1.29 is 0 Å². The van der Waals surface area contributed by atoms with Gasteiger partial charge in [0.1, 0.15) is 0 Å². The lowest BCUT2D eigenvalue weighted by Crippen LogP contribution is -1.87. The van der Waals surface area contributed by atoms with E-state index >= 15 is 0 Å². The summed E-state index contributed by atoms with van der Waals surface area (Å²) in [7, 11) is 0. The SMILES string of the molecule is C(#Cc1sc(-c2sc(C#Cc3ccccc3)c(C#Cc3ccccc3)c2C#Cc2ccccc2)c(C#Cc2ccccc2)c1C#Cc1ccccc1)c1ccccc1. The van der Waals surface area contributed by atoms with Crippen LogP contribution in [0.15, 0.2) is 182 Å². The van der Waals surface area contributed by atoms with Gasteiger partial charge in [0.25, 0.3) is 0 Å². The average molecular weight is 767 g/mol. The zero-order valence-electron chi connectivity index (χ0n) is 31.1. The second-order valence-corrected chi connectivity index (χ2v) is 14.8. The molecular weight excluding hydrogens is 737 g/mol. The lowest BCUT2D eigenvalue weighted by atomic mass is 10.0. The van der Waals surface area contributed by atoms with Crippen molar-refractivity contribution in [3.63, 3.8) is 0 Å². The molecule has 266 valence electrons. The highest BCUT2D eigenvalue weighted by Gasteiger charge is 2.24. The molecule has 0 aliphatic carbocycles. The van der Waals surface area contributed by atoms with Crippen molar-refractivity contribution in [1.82, 2.24) is 0 Å². The third kappa shape index (κ3) is 9.47. The fraction of sp³-hybridized carbons (Fsp3) is 0. The van der Waals surface area contributed by atoms with E-state index in [1.165, 1.54) is 0 Å². The van der Waals surface area contributed by atoms with Gasteiger partial charge in [-0.25, -0.2) is 0 Å². The third-order valence-electron chi connectivity index (χ3n) is 8.63. The Balaban J connectivity index is 1.44. The smallest absolute Gasteiger partial charge is 0.0948 e. The van der Waals surface area contributed by atoms with E-state index in [2.05, 4.69) is 71.0 Å². The van der Waals surface area contributed by atoms with Crippen LogP contribution in [0, 0.1) is 71.0 Å². The summed E-state index contributed by atoms with van der Waals surface area (Å²) in [5.74, 6) is 41.7. The topological polar surface area (TPSA) is 0 Å². The summed E-state index contributed by atoms with van der Waals surface area (Å²) in [5, 5.41) is 0. The van der Waals surface area contributed by atoms with Gasteiger partial charge in [0.15, 0.2) is 0 Å². The average Bonchev–Trinajstić information content (AvgIpc) is 3.83. The van der Waals surface area contributed by atoms with Gasteiger partial charge in [-0.2, -0.15) is 0 Å². The van der Waals surface area contributed by atoms with Gasteiger partial charge in [-0.1, -0.05) is 168 Å². The molecule has 58 heavy (non-hydrogen) atoms. The molecule has 0 unspecified atom stereocenters. The minimum Gasteiger partial charge on any atom is -0.123 e. The maximum absolute atomic E-state index is 3.57. The molecule has 2 heteroatoms. The van der Waals surface area contributed by atoms with E-state index in [0.717, 1.165) is 75.1 Å². The van der Waals surface area contributed by atoms with Crippen molar-refractivity contribution in [3.05, 3.63) is 247 Å². The molecule has 0 fully saturated rings. The van der Waals surface area contributed by atoms with E-state index in [1.807, 2.05) is 182 Å². The van der Waals surface area contributed by atoms with Crippen LogP contribution < -0.4 is 0 Å². The molecule has 0 atom stereocenters. The molecule has 8 rings (SSSR count). The van der Waals surface area contributed by atoms with Gasteiger partial charge < -0.3 is 0 Å². The third-order valence-corrected chi connectivity index (χ3v) is 11.0. The van der Waals surface area contributed by atoms with Gasteiger partial charge >= 0.3 is 0 Å². The summed E-state index contributed by atoms with van der Waals surface area (Å²) in [6, 6.07) is 60.1. The number of hydrogen-bond acceptors (Lipinski definition) is 2. The Hall–Kier alpha value is -7.92. The van der Waals surface area contributed by atoms with Gasteiger partial charge in [0.2, 0.25) is 0 Å². The fourth-order valence-electron chi connectivity index (χ4n) is 5.76. The van der Waals surface area contributed by atoms with E-state index in [1.54, 1.807) is 22.7 Å². The molecule has 0 spiro atoms. The molecule has 0 aliphatic rings. The molecule has 0 aliphatic heterocycles. The molecule has 0 radical (unpaired) electrons. The molecule has 0 N–H and O–H groups in total. The molecule has 2 heterocycles. The quantitative estimate of drug-likeness (QED) is 0.146. The van der Waals surface area contributed by atoms with Gasteiger partial charge in [0, 0.05) is 33.4 Å². The van der Waals surface area contributed by atoms with Gasteiger partial charge in [-0.05, 0) is 84.6 Å². The number of rotatable bonds is 1. The van der Waals surface area contributed by atoms with E-state index in [4.69, 9.17) is 0 Å². The van der Waals surface area contributed by atoms with Crippen LogP contribution in [0.3, 0.4) is 0 Å². The first-order valence-corrected chi connectivity index (χ1v) is 20.2. The van der Waals surface area contributed by atoms with E-state index in [0.29, 0.717) is 0 Å². The van der Waals surface area contributed by atoms with Crippen LogP contribution in [0.1, 0.15) is 65.4 Å². The Morgan fingerprint density at radius 3 is 0.655 bits per heavy atom. The van der Waals surface area contributed by atoms with Crippen molar-refractivity contribution >= 4 is 22.7 Å². The summed E-state index contributed by atoms with van der Waals surface area (Å²) in [6.45, 7) is 0. The zero-order valence-corrected chi connectivity index (χ0v) is 32.8. The molecule has 8 aromatic rings. The van der Waals surface area contributed by atoms with Crippen LogP contribution in [0.2, 0.25) is 0 Å². The molecule has 2 aromatic heterocycles. The second kappa shape index (κ2) is 18.6. The summed E-state index contributed by atoms with van der Waals surface area (Å²) in [4.78, 5) is 3.50. The Labute approximate surface area is 348 Å². The van der Waals surface area contributed by atoms with E-state index < -0.39 is 0 Å².